The molecule has 4 rings (SSSR count). The summed E-state index contributed by atoms with van der Waals surface area (Å²) in [5.41, 5.74) is 1.61. The Morgan fingerprint density at radius 2 is 2.00 bits per heavy atom. The molecular weight excluding hydrogens is 349 g/mol. The third-order valence-corrected chi connectivity index (χ3v) is 4.53. The smallest absolute Gasteiger partial charge is 0.347 e. The van der Waals surface area contributed by atoms with Crippen molar-refractivity contribution < 1.29 is 13.6 Å². The predicted molar refractivity (Wildman–Crippen MR) is 100 cm³/mol. The van der Waals surface area contributed by atoms with Crippen LogP contribution in [0.2, 0.25) is 0 Å². The summed E-state index contributed by atoms with van der Waals surface area (Å²) >= 11 is 0. The predicted octanol–water partition coefficient (Wildman–Crippen LogP) is 3.25. The summed E-state index contributed by atoms with van der Waals surface area (Å²) in [7, 11) is 1.50. The molecule has 27 heavy (non-hydrogen) atoms. The standard InChI is InChI=1S/C20H16FN3O3/c1-12-7-8-17-13(9-12)19-14(20(26)27-17)10-22-24(19)11-18(25)23(2)16-6-4-3-5-15(16)21/h3-10H,11H2,1-2H3. The van der Waals surface area contributed by atoms with E-state index in [1.165, 1.54) is 35.0 Å². The Morgan fingerprint density at radius 1 is 1.22 bits per heavy atom. The van der Waals surface area contributed by atoms with E-state index in [0.29, 0.717) is 21.9 Å². The van der Waals surface area contributed by atoms with E-state index in [2.05, 4.69) is 5.10 Å². The monoisotopic (exact) mass is 365 g/mol. The van der Waals surface area contributed by atoms with Gasteiger partial charge in [0.1, 0.15) is 23.3 Å². The van der Waals surface area contributed by atoms with Gasteiger partial charge in [0, 0.05) is 12.4 Å². The minimum atomic E-state index is -0.512. The molecule has 4 aromatic rings. The fourth-order valence-electron chi connectivity index (χ4n) is 3.10. The van der Waals surface area contributed by atoms with E-state index >= 15 is 0 Å². The molecule has 0 bridgehead atoms. The number of carbonyl (C=O) groups is 1. The van der Waals surface area contributed by atoms with Crippen molar-refractivity contribution in [1.82, 2.24) is 9.78 Å². The number of fused-ring (bicyclic) bond motifs is 3. The summed E-state index contributed by atoms with van der Waals surface area (Å²) in [4.78, 5) is 26.1. The Bertz CT molecular complexity index is 1240. The van der Waals surface area contributed by atoms with Gasteiger partial charge in [-0.25, -0.2) is 9.18 Å². The molecule has 7 heteroatoms. The number of carbonyl (C=O) groups excluding carboxylic acids is 1. The number of para-hydroxylation sites is 1. The molecule has 0 aliphatic carbocycles. The van der Waals surface area contributed by atoms with E-state index in [9.17, 15) is 14.0 Å². The van der Waals surface area contributed by atoms with E-state index in [1.807, 2.05) is 19.1 Å². The zero-order valence-corrected chi connectivity index (χ0v) is 14.8. The molecule has 0 N–H and O–H groups in total. The second-order valence-corrected chi connectivity index (χ2v) is 6.36. The molecule has 0 unspecified atom stereocenters. The lowest BCUT2D eigenvalue weighted by Crippen LogP contribution is -2.31. The van der Waals surface area contributed by atoms with Crippen LogP contribution in [0.4, 0.5) is 10.1 Å². The van der Waals surface area contributed by atoms with Crippen molar-refractivity contribution in [2.24, 2.45) is 0 Å². The van der Waals surface area contributed by atoms with Gasteiger partial charge in [-0.05, 0) is 31.2 Å². The molecule has 0 aliphatic heterocycles. The lowest BCUT2D eigenvalue weighted by Gasteiger charge is -2.18. The number of aryl methyl sites for hydroxylation is 1. The number of amides is 1. The van der Waals surface area contributed by atoms with Crippen LogP contribution in [0.1, 0.15) is 5.56 Å². The Balaban J connectivity index is 1.79. The van der Waals surface area contributed by atoms with Gasteiger partial charge in [-0.2, -0.15) is 5.10 Å². The van der Waals surface area contributed by atoms with E-state index < -0.39 is 11.4 Å². The topological polar surface area (TPSA) is 68.3 Å². The van der Waals surface area contributed by atoms with Crippen LogP contribution < -0.4 is 10.5 Å². The van der Waals surface area contributed by atoms with Crippen molar-refractivity contribution in [3.63, 3.8) is 0 Å². The number of anilines is 1. The van der Waals surface area contributed by atoms with Gasteiger partial charge in [0.05, 0.1) is 17.4 Å². The SMILES string of the molecule is Cc1ccc2oc(=O)c3cnn(CC(=O)N(C)c4ccccc4F)c3c2c1. The van der Waals surface area contributed by atoms with Crippen LogP contribution in [0.25, 0.3) is 21.9 Å². The molecule has 0 radical (unpaired) electrons. The molecule has 2 aromatic carbocycles. The second-order valence-electron chi connectivity index (χ2n) is 6.36. The summed E-state index contributed by atoms with van der Waals surface area (Å²) in [5, 5.41) is 5.19. The molecule has 136 valence electrons. The molecule has 0 fully saturated rings. The van der Waals surface area contributed by atoms with Crippen molar-refractivity contribution in [2.75, 3.05) is 11.9 Å². The van der Waals surface area contributed by atoms with E-state index in [1.54, 1.807) is 18.2 Å². The van der Waals surface area contributed by atoms with Gasteiger partial charge in [-0.1, -0.05) is 23.8 Å². The van der Waals surface area contributed by atoms with E-state index in [4.69, 9.17) is 4.42 Å². The molecular formula is C20H16FN3O3. The zero-order chi connectivity index (χ0) is 19.1. The van der Waals surface area contributed by atoms with Crippen molar-refractivity contribution in [3.8, 4) is 0 Å². The lowest BCUT2D eigenvalue weighted by molar-refractivity contribution is -0.119. The van der Waals surface area contributed by atoms with Crippen LogP contribution in [-0.4, -0.2) is 22.7 Å². The molecule has 2 heterocycles. The summed E-state index contributed by atoms with van der Waals surface area (Å²) < 4.78 is 20.7. The van der Waals surface area contributed by atoms with Gasteiger partial charge >= 0.3 is 5.63 Å². The lowest BCUT2D eigenvalue weighted by atomic mass is 10.1. The van der Waals surface area contributed by atoms with Gasteiger partial charge in [0.15, 0.2) is 0 Å². The maximum Gasteiger partial charge on any atom is 0.347 e. The van der Waals surface area contributed by atoms with Crippen molar-refractivity contribution >= 4 is 33.5 Å². The van der Waals surface area contributed by atoms with Crippen molar-refractivity contribution in [2.45, 2.75) is 13.5 Å². The fraction of sp³-hybridized carbons (Fsp3) is 0.150. The van der Waals surface area contributed by atoms with Crippen LogP contribution in [0.15, 0.2) is 57.9 Å². The highest BCUT2D eigenvalue weighted by Gasteiger charge is 2.19. The number of likely N-dealkylation sites (N-methyl/N-ethyl adjacent to an activating group) is 1. The highest BCUT2D eigenvalue weighted by atomic mass is 19.1. The highest BCUT2D eigenvalue weighted by Crippen LogP contribution is 2.24. The van der Waals surface area contributed by atoms with Gasteiger partial charge in [0.25, 0.3) is 0 Å². The van der Waals surface area contributed by atoms with E-state index in [-0.39, 0.29) is 18.1 Å². The second kappa shape index (κ2) is 6.35. The Labute approximate surface area is 153 Å². The molecule has 2 aromatic heterocycles. The maximum atomic E-state index is 14.0. The summed E-state index contributed by atoms with van der Waals surface area (Å²) in [5.74, 6) is -0.848. The number of benzene rings is 2. The minimum Gasteiger partial charge on any atom is -0.422 e. The number of hydrogen-bond donors (Lipinski definition) is 0. The molecule has 0 spiro atoms. The van der Waals surface area contributed by atoms with Gasteiger partial charge in [-0.3, -0.25) is 9.48 Å². The first kappa shape index (κ1) is 17.0. The van der Waals surface area contributed by atoms with Crippen LogP contribution in [0.3, 0.4) is 0 Å². The third kappa shape index (κ3) is 2.87. The Kier molecular flexibility index (Phi) is 3.99. The molecule has 0 saturated heterocycles. The maximum absolute atomic E-state index is 14.0. The first-order valence-corrected chi connectivity index (χ1v) is 8.36. The van der Waals surface area contributed by atoms with Gasteiger partial charge in [-0.15, -0.1) is 0 Å². The first-order chi connectivity index (χ1) is 13.0. The minimum absolute atomic E-state index is 0.138. The largest absolute Gasteiger partial charge is 0.422 e. The van der Waals surface area contributed by atoms with Gasteiger partial charge < -0.3 is 9.32 Å². The molecule has 0 aliphatic rings. The highest BCUT2D eigenvalue weighted by molar-refractivity contribution is 6.03. The fourth-order valence-corrected chi connectivity index (χ4v) is 3.10. The van der Waals surface area contributed by atoms with Gasteiger partial charge in [0.2, 0.25) is 5.91 Å². The molecule has 0 saturated carbocycles. The number of rotatable bonds is 3. The quantitative estimate of drug-likeness (QED) is 0.523. The number of nitrogens with zero attached hydrogens (tertiary/aromatic N) is 3. The summed E-state index contributed by atoms with van der Waals surface area (Å²) in [6, 6.07) is 11.5. The van der Waals surface area contributed by atoms with Crippen molar-refractivity contribution in [1.29, 1.82) is 0 Å². The molecule has 6 nitrogen and oxygen atoms in total. The van der Waals surface area contributed by atoms with Crippen LogP contribution in [0.5, 0.6) is 0 Å². The normalized spacial score (nSPS) is 11.2. The van der Waals surface area contributed by atoms with E-state index in [0.717, 1.165) is 5.56 Å². The Morgan fingerprint density at radius 3 is 2.78 bits per heavy atom. The van der Waals surface area contributed by atoms with Crippen LogP contribution in [0, 0.1) is 12.7 Å². The number of hydrogen-bond acceptors (Lipinski definition) is 4. The summed E-state index contributed by atoms with van der Waals surface area (Å²) in [6.45, 7) is 1.79. The molecule has 0 atom stereocenters. The third-order valence-electron chi connectivity index (χ3n) is 4.53. The zero-order valence-electron chi connectivity index (χ0n) is 14.8. The first-order valence-electron chi connectivity index (χ1n) is 8.36. The molecule has 1 amide bonds. The average molecular weight is 365 g/mol. The van der Waals surface area contributed by atoms with Crippen LogP contribution >= 0.6 is 0 Å². The van der Waals surface area contributed by atoms with Crippen LogP contribution in [-0.2, 0) is 11.3 Å². The number of halogens is 1. The Hall–Kier alpha value is -3.48. The average Bonchev–Trinajstić information content (AvgIpc) is 3.07. The number of aromatic nitrogens is 2. The van der Waals surface area contributed by atoms with Crippen molar-refractivity contribution in [3.05, 3.63) is 70.5 Å². The summed E-state index contributed by atoms with van der Waals surface area (Å²) in [6.07, 6.45) is 1.39.